The van der Waals surface area contributed by atoms with E-state index < -0.39 is 4.92 Å². The van der Waals surface area contributed by atoms with Gasteiger partial charge in [-0.2, -0.15) is 0 Å². The first-order valence-corrected chi connectivity index (χ1v) is 3.84. The third-order valence-corrected chi connectivity index (χ3v) is 2.02. The zero-order valence-corrected chi connectivity index (χ0v) is 7.61. The second-order valence-electron chi connectivity index (χ2n) is 1.76. The maximum atomic E-state index is 10.3. The number of H-pyrrole nitrogens is 1. The van der Waals surface area contributed by atoms with E-state index in [1.54, 1.807) is 6.20 Å². The average molecular weight is 235 g/mol. The molecule has 4 nitrogen and oxygen atoms in total. The Hall–Kier alpha value is -0.750. The van der Waals surface area contributed by atoms with E-state index in [0.717, 1.165) is 0 Å². The van der Waals surface area contributed by atoms with Crippen LogP contribution in [0.15, 0.2) is 16.7 Å². The number of aromatic nitrogens is 1. The third kappa shape index (κ3) is 1.63. The summed E-state index contributed by atoms with van der Waals surface area (Å²) in [6, 6.07) is 1.54. The van der Waals surface area contributed by atoms with Gasteiger partial charge in [0.25, 0.3) is 0 Å². The van der Waals surface area contributed by atoms with Gasteiger partial charge in [0.15, 0.2) is 4.64 Å². The van der Waals surface area contributed by atoms with Crippen LogP contribution in [0, 0.1) is 14.8 Å². The molecule has 0 bridgehead atoms. The van der Waals surface area contributed by atoms with Gasteiger partial charge in [-0.3, -0.25) is 10.1 Å². The molecule has 0 aliphatic carbocycles. The zero-order chi connectivity index (χ0) is 8.43. The molecule has 58 valence electrons. The van der Waals surface area contributed by atoms with E-state index in [-0.39, 0.29) is 10.3 Å². The van der Waals surface area contributed by atoms with Crippen molar-refractivity contribution in [2.75, 3.05) is 0 Å². The molecule has 0 unspecified atom stereocenters. The molecule has 0 saturated carbocycles. The van der Waals surface area contributed by atoms with Gasteiger partial charge in [-0.1, -0.05) is 12.2 Å². The Kier molecular flexibility index (Phi) is 2.35. The van der Waals surface area contributed by atoms with Crippen LogP contribution >= 0.6 is 28.1 Å². The first-order chi connectivity index (χ1) is 5.13. The summed E-state index contributed by atoms with van der Waals surface area (Å²) < 4.78 is 0.524. The largest absolute Gasteiger partial charge is 0.347 e. The summed E-state index contributed by atoms with van der Waals surface area (Å²) in [4.78, 5) is 12.4. The molecule has 1 heterocycles. The number of pyridine rings is 1. The summed E-state index contributed by atoms with van der Waals surface area (Å²) in [5.41, 5.74) is -0.0949. The monoisotopic (exact) mass is 234 g/mol. The first-order valence-electron chi connectivity index (χ1n) is 2.64. The molecule has 0 aliphatic heterocycles. The molecule has 0 radical (unpaired) electrons. The molecule has 0 amide bonds. The molecule has 0 atom stereocenters. The van der Waals surface area contributed by atoms with E-state index in [9.17, 15) is 10.1 Å². The van der Waals surface area contributed by atoms with Gasteiger partial charge in [-0.05, 0) is 22.0 Å². The highest BCUT2D eigenvalue weighted by atomic mass is 79.9. The van der Waals surface area contributed by atoms with Crippen molar-refractivity contribution in [3.05, 3.63) is 31.5 Å². The van der Waals surface area contributed by atoms with Crippen LogP contribution in [0.4, 0.5) is 5.69 Å². The number of halogens is 1. The van der Waals surface area contributed by atoms with Crippen molar-refractivity contribution in [2.24, 2.45) is 0 Å². The number of hydrogen-bond acceptors (Lipinski definition) is 3. The molecular formula is C5H3BrN2O2S. The molecule has 0 spiro atoms. The molecule has 1 aromatic rings. The normalized spacial score (nSPS) is 9.55. The van der Waals surface area contributed by atoms with Gasteiger partial charge >= 0.3 is 5.69 Å². The summed E-state index contributed by atoms with van der Waals surface area (Å²) in [6.07, 6.45) is 1.54. The van der Waals surface area contributed by atoms with Gasteiger partial charge < -0.3 is 4.98 Å². The highest BCUT2D eigenvalue weighted by Crippen LogP contribution is 2.23. The fourth-order valence-electron chi connectivity index (χ4n) is 0.616. The number of aromatic amines is 1. The first kappa shape index (κ1) is 8.35. The fourth-order valence-corrected chi connectivity index (χ4v) is 1.48. The quantitative estimate of drug-likeness (QED) is 0.462. The minimum atomic E-state index is -0.525. The van der Waals surface area contributed by atoms with Gasteiger partial charge in [-0.25, -0.2) is 0 Å². The van der Waals surface area contributed by atoms with Gasteiger partial charge in [0.05, 0.1) is 9.40 Å². The van der Waals surface area contributed by atoms with Crippen molar-refractivity contribution >= 4 is 33.8 Å². The highest BCUT2D eigenvalue weighted by molar-refractivity contribution is 9.10. The molecule has 11 heavy (non-hydrogen) atoms. The Balaban J connectivity index is 3.45. The van der Waals surface area contributed by atoms with Gasteiger partial charge in [0.1, 0.15) is 0 Å². The molecule has 0 saturated heterocycles. The summed E-state index contributed by atoms with van der Waals surface area (Å²) in [5, 5.41) is 10.3. The highest BCUT2D eigenvalue weighted by Gasteiger charge is 2.12. The minimum absolute atomic E-state index is 0.0949. The number of nitro groups is 1. The molecular weight excluding hydrogens is 232 g/mol. The van der Waals surface area contributed by atoms with E-state index >= 15 is 0 Å². The summed E-state index contributed by atoms with van der Waals surface area (Å²) in [6.45, 7) is 0. The van der Waals surface area contributed by atoms with Crippen LogP contribution in [0.5, 0.6) is 0 Å². The Morgan fingerprint density at radius 3 is 2.73 bits per heavy atom. The molecule has 0 aliphatic rings. The molecule has 6 heteroatoms. The standard InChI is InChI=1S/C5H3BrN2O2S/c6-3-1-2-7-5(11)4(3)8(9)10/h1-2H,(H,7,11). The molecule has 1 N–H and O–H groups in total. The predicted octanol–water partition coefficient (Wildman–Crippen LogP) is 2.41. The van der Waals surface area contributed by atoms with Gasteiger partial charge in [-0.15, -0.1) is 0 Å². The maximum Gasteiger partial charge on any atom is 0.317 e. The SMILES string of the molecule is O=[N+]([O-])c1c(Br)cc[nH]c1=S. The van der Waals surface area contributed by atoms with E-state index in [4.69, 9.17) is 0 Å². The summed E-state index contributed by atoms with van der Waals surface area (Å²) >= 11 is 7.71. The molecule has 1 rings (SSSR count). The Labute approximate surface area is 75.5 Å². The number of rotatable bonds is 1. The lowest BCUT2D eigenvalue weighted by molar-refractivity contribution is -0.386. The van der Waals surface area contributed by atoms with Crippen molar-refractivity contribution < 1.29 is 4.92 Å². The lowest BCUT2D eigenvalue weighted by Gasteiger charge is -1.92. The third-order valence-electron chi connectivity index (χ3n) is 1.07. The smallest absolute Gasteiger partial charge is 0.317 e. The summed E-state index contributed by atoms with van der Waals surface area (Å²) in [7, 11) is 0. The van der Waals surface area contributed by atoms with Crippen molar-refractivity contribution in [3.63, 3.8) is 0 Å². The van der Waals surface area contributed by atoms with Gasteiger partial charge in [0, 0.05) is 6.20 Å². The van der Waals surface area contributed by atoms with Crippen molar-refractivity contribution in [3.8, 4) is 0 Å². The topological polar surface area (TPSA) is 58.9 Å². The van der Waals surface area contributed by atoms with E-state index in [0.29, 0.717) is 4.47 Å². The number of hydrogen-bond donors (Lipinski definition) is 1. The molecule has 1 aromatic heterocycles. The Bertz CT molecular complexity index is 349. The van der Waals surface area contributed by atoms with Crippen LogP contribution in [0.2, 0.25) is 0 Å². The number of nitrogens with one attached hydrogen (secondary N) is 1. The van der Waals surface area contributed by atoms with Crippen LogP contribution in [0.25, 0.3) is 0 Å². The number of nitrogens with zero attached hydrogens (tertiary/aromatic N) is 1. The van der Waals surface area contributed by atoms with Crippen LogP contribution in [-0.2, 0) is 0 Å². The Morgan fingerprint density at radius 2 is 2.36 bits per heavy atom. The minimum Gasteiger partial charge on any atom is -0.347 e. The summed E-state index contributed by atoms with van der Waals surface area (Å²) in [5.74, 6) is 0. The lowest BCUT2D eigenvalue weighted by Crippen LogP contribution is -1.91. The lowest BCUT2D eigenvalue weighted by atomic mass is 10.4. The zero-order valence-electron chi connectivity index (χ0n) is 5.20. The van der Waals surface area contributed by atoms with Crippen LogP contribution in [-0.4, -0.2) is 9.91 Å². The fraction of sp³-hybridized carbons (Fsp3) is 0. The predicted molar refractivity (Wildman–Crippen MR) is 46.0 cm³/mol. The van der Waals surface area contributed by atoms with E-state index in [1.165, 1.54) is 6.07 Å². The van der Waals surface area contributed by atoms with Crippen LogP contribution < -0.4 is 0 Å². The van der Waals surface area contributed by atoms with Gasteiger partial charge in [0.2, 0.25) is 0 Å². The van der Waals surface area contributed by atoms with E-state index in [1.807, 2.05) is 0 Å². The second kappa shape index (κ2) is 3.10. The van der Waals surface area contributed by atoms with Crippen LogP contribution in [0.3, 0.4) is 0 Å². The van der Waals surface area contributed by atoms with Crippen LogP contribution in [0.1, 0.15) is 0 Å². The average Bonchev–Trinajstić information content (AvgIpc) is 1.85. The van der Waals surface area contributed by atoms with E-state index in [2.05, 4.69) is 33.1 Å². The molecule has 0 aromatic carbocycles. The molecule has 0 fully saturated rings. The Morgan fingerprint density at radius 1 is 1.73 bits per heavy atom. The van der Waals surface area contributed by atoms with Crippen molar-refractivity contribution in [1.82, 2.24) is 4.98 Å². The van der Waals surface area contributed by atoms with Crippen molar-refractivity contribution in [2.45, 2.75) is 0 Å². The van der Waals surface area contributed by atoms with Crippen molar-refractivity contribution in [1.29, 1.82) is 0 Å². The second-order valence-corrected chi connectivity index (χ2v) is 3.02. The maximum absolute atomic E-state index is 10.3.